The first kappa shape index (κ1) is 14.3. The first-order chi connectivity index (χ1) is 7.24. The summed E-state index contributed by atoms with van der Waals surface area (Å²) in [6.07, 6.45) is 2.74. The molecule has 5 heteroatoms. The van der Waals surface area contributed by atoms with Crippen LogP contribution >= 0.6 is 0 Å². The highest BCUT2D eigenvalue weighted by Crippen LogP contribution is 1.96. The van der Waals surface area contributed by atoms with Crippen molar-refractivity contribution in [2.75, 3.05) is 26.8 Å². The zero-order valence-corrected chi connectivity index (χ0v) is 9.37. The van der Waals surface area contributed by atoms with E-state index in [2.05, 4.69) is 5.32 Å². The van der Waals surface area contributed by atoms with Gasteiger partial charge in [0, 0.05) is 26.8 Å². The molecular formula is C10H22N2O3. The van der Waals surface area contributed by atoms with Crippen LogP contribution in [0.5, 0.6) is 0 Å². The predicted octanol–water partition coefficient (Wildman–Crippen LogP) is -0.371. The summed E-state index contributed by atoms with van der Waals surface area (Å²) in [4.78, 5) is 11.3. The lowest BCUT2D eigenvalue weighted by Crippen LogP contribution is -2.32. The third kappa shape index (κ3) is 8.35. The molecule has 90 valence electrons. The van der Waals surface area contributed by atoms with Crippen molar-refractivity contribution in [3.8, 4) is 0 Å². The highest BCUT2D eigenvalue weighted by atomic mass is 16.5. The standard InChI is InChI=1S/C10H22N2O3/c1-15-9(8-11)7-10(14)12-5-3-2-4-6-13/h9,13H,2-8,11H2,1H3,(H,12,14). The third-order valence-electron chi connectivity index (χ3n) is 2.17. The minimum Gasteiger partial charge on any atom is -0.396 e. The van der Waals surface area contributed by atoms with Crippen LogP contribution in [-0.2, 0) is 9.53 Å². The lowest BCUT2D eigenvalue weighted by atomic mass is 10.2. The normalized spacial score (nSPS) is 12.5. The second-order valence-electron chi connectivity index (χ2n) is 3.43. The molecule has 5 nitrogen and oxygen atoms in total. The van der Waals surface area contributed by atoms with Gasteiger partial charge >= 0.3 is 0 Å². The van der Waals surface area contributed by atoms with Crippen LogP contribution in [0.4, 0.5) is 0 Å². The summed E-state index contributed by atoms with van der Waals surface area (Å²) in [5.41, 5.74) is 5.39. The molecule has 15 heavy (non-hydrogen) atoms. The van der Waals surface area contributed by atoms with E-state index in [9.17, 15) is 4.79 Å². The van der Waals surface area contributed by atoms with Crippen molar-refractivity contribution in [3.63, 3.8) is 0 Å². The van der Waals surface area contributed by atoms with Gasteiger partial charge in [0.25, 0.3) is 0 Å². The number of rotatable bonds is 9. The summed E-state index contributed by atoms with van der Waals surface area (Å²) in [6, 6.07) is 0. The molecule has 0 rings (SSSR count). The molecule has 0 aliphatic heterocycles. The van der Waals surface area contributed by atoms with E-state index in [1.54, 1.807) is 7.11 Å². The molecule has 1 unspecified atom stereocenters. The van der Waals surface area contributed by atoms with Gasteiger partial charge in [0.15, 0.2) is 0 Å². The van der Waals surface area contributed by atoms with E-state index < -0.39 is 0 Å². The summed E-state index contributed by atoms with van der Waals surface area (Å²) in [7, 11) is 1.55. The molecule has 4 N–H and O–H groups in total. The van der Waals surface area contributed by atoms with E-state index in [1.807, 2.05) is 0 Å². The monoisotopic (exact) mass is 218 g/mol. The molecule has 0 bridgehead atoms. The fourth-order valence-corrected chi connectivity index (χ4v) is 1.18. The molecule has 0 spiro atoms. The van der Waals surface area contributed by atoms with Gasteiger partial charge in [-0.05, 0) is 19.3 Å². The summed E-state index contributed by atoms with van der Waals surface area (Å²) >= 11 is 0. The van der Waals surface area contributed by atoms with E-state index in [0.717, 1.165) is 19.3 Å². The third-order valence-corrected chi connectivity index (χ3v) is 2.17. The fourth-order valence-electron chi connectivity index (χ4n) is 1.18. The van der Waals surface area contributed by atoms with E-state index in [4.69, 9.17) is 15.6 Å². The number of ether oxygens (including phenoxy) is 1. The molecule has 0 fully saturated rings. The van der Waals surface area contributed by atoms with Gasteiger partial charge in [-0.1, -0.05) is 0 Å². The van der Waals surface area contributed by atoms with E-state index in [0.29, 0.717) is 19.5 Å². The predicted molar refractivity (Wildman–Crippen MR) is 58.4 cm³/mol. The zero-order chi connectivity index (χ0) is 11.5. The molecule has 0 saturated heterocycles. The van der Waals surface area contributed by atoms with E-state index in [1.165, 1.54) is 0 Å². The van der Waals surface area contributed by atoms with Crippen molar-refractivity contribution in [1.29, 1.82) is 0 Å². The number of nitrogens with two attached hydrogens (primary N) is 1. The van der Waals surface area contributed by atoms with Crippen molar-refractivity contribution >= 4 is 5.91 Å². The van der Waals surface area contributed by atoms with Gasteiger partial charge in [-0.25, -0.2) is 0 Å². The van der Waals surface area contributed by atoms with Gasteiger partial charge in [0.2, 0.25) is 5.91 Å². The lowest BCUT2D eigenvalue weighted by Gasteiger charge is -2.12. The Bertz CT molecular complexity index is 161. The van der Waals surface area contributed by atoms with Gasteiger partial charge in [-0.15, -0.1) is 0 Å². The van der Waals surface area contributed by atoms with Crippen LogP contribution in [0.1, 0.15) is 25.7 Å². The molecule has 0 heterocycles. The molecule has 0 aliphatic rings. The Hall–Kier alpha value is -0.650. The van der Waals surface area contributed by atoms with Gasteiger partial charge in [-0.2, -0.15) is 0 Å². The quantitative estimate of drug-likeness (QED) is 0.461. The van der Waals surface area contributed by atoms with Crippen molar-refractivity contribution in [2.45, 2.75) is 31.8 Å². The Labute approximate surface area is 91.0 Å². The lowest BCUT2D eigenvalue weighted by molar-refractivity contribution is -0.123. The first-order valence-electron chi connectivity index (χ1n) is 5.35. The number of methoxy groups -OCH3 is 1. The second-order valence-corrected chi connectivity index (χ2v) is 3.43. The van der Waals surface area contributed by atoms with Crippen LogP contribution in [0.15, 0.2) is 0 Å². The number of amides is 1. The molecule has 0 radical (unpaired) electrons. The molecule has 1 atom stereocenters. The van der Waals surface area contributed by atoms with Gasteiger partial charge in [0.05, 0.1) is 12.5 Å². The average Bonchev–Trinajstić information content (AvgIpc) is 2.25. The highest BCUT2D eigenvalue weighted by Gasteiger charge is 2.10. The smallest absolute Gasteiger partial charge is 0.222 e. The molecule has 0 aromatic carbocycles. The Balaban J connectivity index is 3.40. The summed E-state index contributed by atoms with van der Waals surface area (Å²) in [6.45, 7) is 1.22. The Morgan fingerprint density at radius 1 is 1.47 bits per heavy atom. The van der Waals surface area contributed by atoms with Crippen LogP contribution in [0.25, 0.3) is 0 Å². The van der Waals surface area contributed by atoms with Crippen molar-refractivity contribution < 1.29 is 14.6 Å². The number of hydrogen-bond acceptors (Lipinski definition) is 4. The highest BCUT2D eigenvalue weighted by molar-refractivity contribution is 5.76. The SMILES string of the molecule is COC(CN)CC(=O)NCCCCCO. The molecule has 1 amide bonds. The van der Waals surface area contributed by atoms with Crippen LogP contribution in [-0.4, -0.2) is 43.9 Å². The topological polar surface area (TPSA) is 84.6 Å². The minimum absolute atomic E-state index is 0.0312. The fraction of sp³-hybridized carbons (Fsp3) is 0.900. The van der Waals surface area contributed by atoms with Crippen LogP contribution in [0.2, 0.25) is 0 Å². The Kier molecular flexibility index (Phi) is 9.46. The van der Waals surface area contributed by atoms with Crippen LogP contribution < -0.4 is 11.1 Å². The maximum atomic E-state index is 11.3. The van der Waals surface area contributed by atoms with Crippen LogP contribution in [0.3, 0.4) is 0 Å². The maximum Gasteiger partial charge on any atom is 0.222 e. The number of carbonyl (C=O) groups excluding carboxylic acids is 1. The number of unbranched alkanes of at least 4 members (excludes halogenated alkanes) is 2. The maximum absolute atomic E-state index is 11.3. The Morgan fingerprint density at radius 3 is 2.73 bits per heavy atom. The average molecular weight is 218 g/mol. The van der Waals surface area contributed by atoms with Gasteiger partial charge < -0.3 is 20.9 Å². The first-order valence-corrected chi connectivity index (χ1v) is 5.35. The minimum atomic E-state index is -0.192. The van der Waals surface area contributed by atoms with Gasteiger partial charge in [-0.3, -0.25) is 4.79 Å². The number of nitrogens with one attached hydrogen (secondary N) is 1. The largest absolute Gasteiger partial charge is 0.396 e. The van der Waals surface area contributed by atoms with Crippen molar-refractivity contribution in [1.82, 2.24) is 5.32 Å². The van der Waals surface area contributed by atoms with Gasteiger partial charge in [0.1, 0.15) is 0 Å². The van der Waals surface area contributed by atoms with Crippen molar-refractivity contribution in [3.05, 3.63) is 0 Å². The molecule has 0 aromatic rings. The number of aliphatic hydroxyl groups is 1. The molecular weight excluding hydrogens is 196 g/mol. The molecule has 0 aromatic heterocycles. The number of aliphatic hydroxyl groups excluding tert-OH is 1. The molecule has 0 aliphatic carbocycles. The van der Waals surface area contributed by atoms with Crippen molar-refractivity contribution in [2.24, 2.45) is 5.73 Å². The van der Waals surface area contributed by atoms with E-state index in [-0.39, 0.29) is 18.6 Å². The number of hydrogen-bond donors (Lipinski definition) is 3. The summed E-state index contributed by atoms with van der Waals surface area (Å²) < 4.78 is 5.00. The number of carbonyl (C=O) groups is 1. The summed E-state index contributed by atoms with van der Waals surface area (Å²) in [5.74, 6) is -0.0312. The zero-order valence-electron chi connectivity index (χ0n) is 9.37. The second kappa shape index (κ2) is 9.89. The summed E-state index contributed by atoms with van der Waals surface area (Å²) in [5, 5.41) is 11.3. The Morgan fingerprint density at radius 2 is 2.20 bits per heavy atom. The molecule has 0 saturated carbocycles. The van der Waals surface area contributed by atoms with Crippen LogP contribution in [0, 0.1) is 0 Å². The van der Waals surface area contributed by atoms with E-state index >= 15 is 0 Å².